The van der Waals surface area contributed by atoms with Gasteiger partial charge in [-0.05, 0) is 29.2 Å². The van der Waals surface area contributed by atoms with E-state index in [1.807, 2.05) is 48.5 Å². The van der Waals surface area contributed by atoms with Gasteiger partial charge in [-0.2, -0.15) is 0 Å². The highest BCUT2D eigenvalue weighted by Crippen LogP contribution is 2.38. The summed E-state index contributed by atoms with van der Waals surface area (Å²) >= 11 is 0. The van der Waals surface area contributed by atoms with Crippen molar-refractivity contribution in [2.75, 3.05) is 13.2 Å². The van der Waals surface area contributed by atoms with Gasteiger partial charge in [-0.1, -0.05) is 60.7 Å². The van der Waals surface area contributed by atoms with Crippen molar-refractivity contribution < 1.29 is 9.90 Å². The van der Waals surface area contributed by atoms with Crippen LogP contribution in [0.4, 0.5) is 0 Å². The number of rotatable bonds is 3. The molecular formula is C20H21NO2. The first-order valence-corrected chi connectivity index (χ1v) is 7.89. The lowest BCUT2D eigenvalue weighted by Crippen LogP contribution is -2.52. The lowest BCUT2D eigenvalue weighted by Gasteiger charge is -2.44. The maximum absolute atomic E-state index is 12.2. The predicted octanol–water partition coefficient (Wildman–Crippen LogP) is 3.21. The van der Waals surface area contributed by atoms with E-state index in [0.717, 1.165) is 17.5 Å². The van der Waals surface area contributed by atoms with Crippen LogP contribution in [0.15, 0.2) is 66.7 Å². The van der Waals surface area contributed by atoms with E-state index in [0.29, 0.717) is 6.54 Å². The lowest BCUT2D eigenvalue weighted by molar-refractivity contribution is -0.135. The van der Waals surface area contributed by atoms with Gasteiger partial charge < -0.3 is 10.0 Å². The van der Waals surface area contributed by atoms with Crippen molar-refractivity contribution in [3.05, 3.63) is 77.9 Å². The van der Waals surface area contributed by atoms with Crippen LogP contribution in [0.1, 0.15) is 24.5 Å². The second-order valence-corrected chi connectivity index (χ2v) is 5.90. The second kappa shape index (κ2) is 6.39. The Morgan fingerprint density at radius 3 is 2.26 bits per heavy atom. The number of aliphatic hydroxyl groups excluding tert-OH is 1. The SMILES string of the molecule is CC(=O)N1CCC(c2ccccc2)=CC1(CO)c1ccccc1. The van der Waals surface area contributed by atoms with Gasteiger partial charge >= 0.3 is 0 Å². The Morgan fingerprint density at radius 1 is 1.09 bits per heavy atom. The van der Waals surface area contributed by atoms with Gasteiger partial charge in [-0.25, -0.2) is 0 Å². The fraction of sp³-hybridized carbons (Fsp3) is 0.250. The summed E-state index contributed by atoms with van der Waals surface area (Å²) in [5.74, 6) is -0.0220. The smallest absolute Gasteiger partial charge is 0.220 e. The summed E-state index contributed by atoms with van der Waals surface area (Å²) in [6.07, 6.45) is 2.85. The maximum atomic E-state index is 12.2. The molecule has 23 heavy (non-hydrogen) atoms. The topological polar surface area (TPSA) is 40.5 Å². The van der Waals surface area contributed by atoms with Crippen molar-refractivity contribution in [3.63, 3.8) is 0 Å². The summed E-state index contributed by atoms with van der Waals surface area (Å²) in [4.78, 5) is 13.9. The highest BCUT2D eigenvalue weighted by Gasteiger charge is 2.40. The van der Waals surface area contributed by atoms with Crippen LogP contribution in [-0.2, 0) is 10.3 Å². The fourth-order valence-corrected chi connectivity index (χ4v) is 3.38. The van der Waals surface area contributed by atoms with Crippen molar-refractivity contribution >= 4 is 11.5 Å². The van der Waals surface area contributed by atoms with Crippen LogP contribution < -0.4 is 0 Å². The predicted molar refractivity (Wildman–Crippen MR) is 91.6 cm³/mol. The maximum Gasteiger partial charge on any atom is 0.220 e. The number of aliphatic hydroxyl groups is 1. The number of hydrogen-bond acceptors (Lipinski definition) is 2. The summed E-state index contributed by atoms with van der Waals surface area (Å²) in [5.41, 5.74) is 2.45. The zero-order valence-corrected chi connectivity index (χ0v) is 13.3. The fourth-order valence-electron chi connectivity index (χ4n) is 3.38. The standard InChI is InChI=1S/C20H21NO2/c1-16(23)21-13-12-18(17-8-4-2-5-9-17)14-20(21,15-22)19-10-6-3-7-11-19/h2-11,14,22H,12-13,15H2,1H3. The first-order chi connectivity index (χ1) is 11.2. The molecule has 2 aromatic rings. The molecule has 1 aliphatic rings. The molecule has 1 heterocycles. The number of nitrogens with zero attached hydrogens (tertiary/aromatic N) is 1. The first kappa shape index (κ1) is 15.5. The van der Waals surface area contributed by atoms with Crippen molar-refractivity contribution in [1.82, 2.24) is 4.90 Å². The molecule has 1 unspecified atom stereocenters. The molecule has 3 nitrogen and oxygen atoms in total. The van der Waals surface area contributed by atoms with E-state index in [4.69, 9.17) is 0 Å². The summed E-state index contributed by atoms with van der Waals surface area (Å²) < 4.78 is 0. The molecule has 0 spiro atoms. The van der Waals surface area contributed by atoms with E-state index in [2.05, 4.69) is 18.2 Å². The Balaban J connectivity index is 2.15. The molecule has 0 aliphatic carbocycles. The van der Waals surface area contributed by atoms with Gasteiger partial charge in [0.15, 0.2) is 0 Å². The molecule has 0 fully saturated rings. The number of hydrogen-bond donors (Lipinski definition) is 1. The van der Waals surface area contributed by atoms with E-state index in [-0.39, 0.29) is 12.5 Å². The molecule has 1 N–H and O–H groups in total. The molecule has 0 saturated carbocycles. The van der Waals surface area contributed by atoms with Crippen molar-refractivity contribution in [1.29, 1.82) is 0 Å². The van der Waals surface area contributed by atoms with Gasteiger partial charge in [0, 0.05) is 13.5 Å². The molecule has 1 aliphatic heterocycles. The molecule has 1 amide bonds. The Bertz CT molecular complexity index is 709. The quantitative estimate of drug-likeness (QED) is 0.946. The van der Waals surface area contributed by atoms with Gasteiger partial charge in [-0.15, -0.1) is 0 Å². The van der Waals surface area contributed by atoms with Crippen LogP contribution in [0.5, 0.6) is 0 Å². The molecule has 0 bridgehead atoms. The Hall–Kier alpha value is -2.39. The minimum atomic E-state index is -0.795. The van der Waals surface area contributed by atoms with Crippen LogP contribution in [0.2, 0.25) is 0 Å². The summed E-state index contributed by atoms with van der Waals surface area (Å²) in [6, 6.07) is 19.9. The van der Waals surface area contributed by atoms with Crippen LogP contribution in [0, 0.1) is 0 Å². The van der Waals surface area contributed by atoms with Gasteiger partial charge in [-0.3, -0.25) is 4.79 Å². The zero-order chi connectivity index (χ0) is 16.3. The van der Waals surface area contributed by atoms with E-state index >= 15 is 0 Å². The van der Waals surface area contributed by atoms with Crippen LogP contribution in [-0.4, -0.2) is 29.1 Å². The van der Waals surface area contributed by atoms with Gasteiger partial charge in [0.2, 0.25) is 5.91 Å². The van der Waals surface area contributed by atoms with E-state index in [1.54, 1.807) is 11.8 Å². The number of amides is 1. The molecule has 0 saturated heterocycles. The Labute approximate surface area is 136 Å². The molecule has 0 aromatic heterocycles. The number of benzene rings is 2. The average molecular weight is 307 g/mol. The highest BCUT2D eigenvalue weighted by atomic mass is 16.3. The summed E-state index contributed by atoms with van der Waals surface area (Å²) in [6.45, 7) is 2.03. The normalized spacial score (nSPS) is 21.0. The summed E-state index contributed by atoms with van der Waals surface area (Å²) in [5, 5.41) is 10.2. The van der Waals surface area contributed by atoms with Crippen molar-refractivity contribution in [2.45, 2.75) is 18.9 Å². The monoisotopic (exact) mass is 307 g/mol. The third-order valence-electron chi connectivity index (χ3n) is 4.54. The third-order valence-corrected chi connectivity index (χ3v) is 4.54. The number of carbonyl (C=O) groups excluding carboxylic acids is 1. The molecule has 3 heteroatoms. The minimum Gasteiger partial charge on any atom is -0.393 e. The van der Waals surface area contributed by atoms with Crippen LogP contribution in [0.25, 0.3) is 5.57 Å². The van der Waals surface area contributed by atoms with Crippen LogP contribution >= 0.6 is 0 Å². The van der Waals surface area contributed by atoms with Gasteiger partial charge in [0.05, 0.1) is 6.61 Å². The molecule has 3 rings (SSSR count). The van der Waals surface area contributed by atoms with Gasteiger partial charge in [0.1, 0.15) is 5.54 Å². The lowest BCUT2D eigenvalue weighted by atomic mass is 9.81. The zero-order valence-electron chi connectivity index (χ0n) is 13.3. The van der Waals surface area contributed by atoms with E-state index in [1.165, 1.54) is 5.57 Å². The Kier molecular flexibility index (Phi) is 4.30. The molecule has 1 atom stereocenters. The largest absolute Gasteiger partial charge is 0.393 e. The average Bonchev–Trinajstić information content (AvgIpc) is 2.62. The highest BCUT2D eigenvalue weighted by molar-refractivity contribution is 5.78. The van der Waals surface area contributed by atoms with Crippen LogP contribution in [0.3, 0.4) is 0 Å². The molecular weight excluding hydrogens is 286 g/mol. The molecule has 2 aromatic carbocycles. The van der Waals surface area contributed by atoms with E-state index in [9.17, 15) is 9.90 Å². The third kappa shape index (κ3) is 2.80. The van der Waals surface area contributed by atoms with E-state index < -0.39 is 5.54 Å². The van der Waals surface area contributed by atoms with Crippen molar-refractivity contribution in [3.8, 4) is 0 Å². The minimum absolute atomic E-state index is 0.0220. The second-order valence-electron chi connectivity index (χ2n) is 5.90. The van der Waals surface area contributed by atoms with Gasteiger partial charge in [0.25, 0.3) is 0 Å². The Morgan fingerprint density at radius 2 is 1.70 bits per heavy atom. The number of carbonyl (C=O) groups is 1. The first-order valence-electron chi connectivity index (χ1n) is 7.89. The summed E-state index contributed by atoms with van der Waals surface area (Å²) in [7, 11) is 0. The van der Waals surface area contributed by atoms with Crippen molar-refractivity contribution in [2.24, 2.45) is 0 Å². The molecule has 118 valence electrons. The molecule has 0 radical (unpaired) electrons.